The molecule has 0 aliphatic carbocycles. The van der Waals surface area contributed by atoms with Gasteiger partial charge in [-0.2, -0.15) is 0 Å². The summed E-state index contributed by atoms with van der Waals surface area (Å²) in [5.74, 6) is 2.33. The molecule has 7 heteroatoms. The highest BCUT2D eigenvalue weighted by atomic mass is 32.2. The number of rotatable bonds is 4. The third-order valence-corrected chi connectivity index (χ3v) is 5.35. The van der Waals surface area contributed by atoms with E-state index in [1.807, 2.05) is 11.0 Å². The third-order valence-electron chi connectivity index (χ3n) is 4.44. The van der Waals surface area contributed by atoms with Gasteiger partial charge in [-0.15, -0.1) is 0 Å². The second kappa shape index (κ2) is 7.97. The molecular weight excluding hydrogens is 312 g/mol. The van der Waals surface area contributed by atoms with Crippen molar-refractivity contribution >= 4 is 23.5 Å². The molecule has 1 amide bonds. The number of carbonyl (C=O) groups is 1. The lowest BCUT2D eigenvalue weighted by Crippen LogP contribution is -2.38. The fourth-order valence-electron chi connectivity index (χ4n) is 2.86. The summed E-state index contributed by atoms with van der Waals surface area (Å²) in [6.07, 6.45) is 3.82. The second-order valence-corrected chi connectivity index (χ2v) is 7.16. The normalized spacial score (nSPS) is 19.9. The van der Waals surface area contributed by atoms with Gasteiger partial charge in [0.15, 0.2) is 0 Å². The Balaban J connectivity index is 1.52. The van der Waals surface area contributed by atoms with Gasteiger partial charge in [0.2, 0.25) is 5.91 Å². The Kier molecular flexibility index (Phi) is 5.72. The van der Waals surface area contributed by atoms with E-state index in [0.29, 0.717) is 5.75 Å². The Morgan fingerprint density at radius 2 is 2.00 bits per heavy atom. The largest absolute Gasteiger partial charge is 0.378 e. The molecule has 2 aliphatic heterocycles. The van der Waals surface area contributed by atoms with Gasteiger partial charge in [0.25, 0.3) is 0 Å². The van der Waals surface area contributed by atoms with E-state index in [0.717, 1.165) is 69.0 Å². The Morgan fingerprint density at radius 1 is 1.26 bits per heavy atom. The van der Waals surface area contributed by atoms with E-state index < -0.39 is 0 Å². The first kappa shape index (κ1) is 16.5. The lowest BCUT2D eigenvalue weighted by Gasteiger charge is -2.30. The number of carbonyl (C=O) groups excluding carboxylic acids is 1. The minimum absolute atomic E-state index is 0.216. The zero-order chi connectivity index (χ0) is 16.1. The summed E-state index contributed by atoms with van der Waals surface area (Å²) < 4.78 is 5.36. The SMILES string of the molecule is CC1CCN(C(=O)CSc2cc(N3CCOCC3)ncn2)CC1. The lowest BCUT2D eigenvalue weighted by molar-refractivity contribution is -0.129. The minimum Gasteiger partial charge on any atom is -0.378 e. The maximum atomic E-state index is 12.3. The summed E-state index contributed by atoms with van der Waals surface area (Å²) in [7, 11) is 0. The van der Waals surface area contributed by atoms with Crippen molar-refractivity contribution in [3.63, 3.8) is 0 Å². The van der Waals surface area contributed by atoms with Crippen LogP contribution in [0.5, 0.6) is 0 Å². The van der Waals surface area contributed by atoms with Gasteiger partial charge in [0, 0.05) is 32.2 Å². The van der Waals surface area contributed by atoms with E-state index in [2.05, 4.69) is 21.8 Å². The van der Waals surface area contributed by atoms with Crippen molar-refractivity contribution in [1.29, 1.82) is 0 Å². The molecule has 0 radical (unpaired) electrons. The van der Waals surface area contributed by atoms with Crippen LogP contribution in [0.3, 0.4) is 0 Å². The summed E-state index contributed by atoms with van der Waals surface area (Å²) in [6.45, 7) is 7.21. The Labute approximate surface area is 141 Å². The number of hydrogen-bond donors (Lipinski definition) is 0. The maximum Gasteiger partial charge on any atom is 0.232 e. The molecule has 0 saturated carbocycles. The number of hydrogen-bond acceptors (Lipinski definition) is 6. The predicted molar refractivity (Wildman–Crippen MR) is 90.8 cm³/mol. The molecule has 1 aromatic rings. The van der Waals surface area contributed by atoms with E-state index in [1.165, 1.54) is 11.8 Å². The van der Waals surface area contributed by atoms with Gasteiger partial charge >= 0.3 is 0 Å². The van der Waals surface area contributed by atoms with Gasteiger partial charge in [0.1, 0.15) is 17.2 Å². The predicted octanol–water partition coefficient (Wildman–Crippen LogP) is 1.66. The van der Waals surface area contributed by atoms with Crippen LogP contribution in [0, 0.1) is 5.92 Å². The molecule has 23 heavy (non-hydrogen) atoms. The van der Waals surface area contributed by atoms with Crippen molar-refractivity contribution < 1.29 is 9.53 Å². The number of aromatic nitrogens is 2. The minimum atomic E-state index is 0.216. The summed E-state index contributed by atoms with van der Waals surface area (Å²) in [5.41, 5.74) is 0. The van der Waals surface area contributed by atoms with E-state index in [4.69, 9.17) is 4.74 Å². The van der Waals surface area contributed by atoms with Crippen LogP contribution in [0.15, 0.2) is 17.4 Å². The van der Waals surface area contributed by atoms with Crippen LogP contribution in [-0.2, 0) is 9.53 Å². The van der Waals surface area contributed by atoms with Crippen LogP contribution in [0.2, 0.25) is 0 Å². The highest BCUT2D eigenvalue weighted by Crippen LogP contribution is 2.22. The number of nitrogens with zero attached hydrogens (tertiary/aromatic N) is 4. The molecule has 3 rings (SSSR count). The molecule has 126 valence electrons. The number of anilines is 1. The molecule has 6 nitrogen and oxygen atoms in total. The molecule has 0 aromatic carbocycles. The zero-order valence-electron chi connectivity index (χ0n) is 13.6. The Hall–Kier alpha value is -1.34. The zero-order valence-corrected chi connectivity index (χ0v) is 14.4. The molecule has 0 atom stereocenters. The molecule has 3 heterocycles. The van der Waals surface area contributed by atoms with Gasteiger partial charge in [0.05, 0.1) is 19.0 Å². The van der Waals surface area contributed by atoms with E-state index in [9.17, 15) is 4.79 Å². The Bertz CT molecular complexity index is 529. The van der Waals surface area contributed by atoms with Crippen LogP contribution < -0.4 is 4.90 Å². The summed E-state index contributed by atoms with van der Waals surface area (Å²) >= 11 is 1.50. The lowest BCUT2D eigenvalue weighted by atomic mass is 9.99. The van der Waals surface area contributed by atoms with Crippen LogP contribution in [0.4, 0.5) is 5.82 Å². The van der Waals surface area contributed by atoms with E-state index >= 15 is 0 Å². The molecule has 2 aliphatic rings. The number of amides is 1. The van der Waals surface area contributed by atoms with Gasteiger partial charge in [-0.1, -0.05) is 18.7 Å². The average molecular weight is 336 g/mol. The number of likely N-dealkylation sites (tertiary alicyclic amines) is 1. The first-order chi connectivity index (χ1) is 11.2. The van der Waals surface area contributed by atoms with Gasteiger partial charge in [-0.3, -0.25) is 4.79 Å². The summed E-state index contributed by atoms with van der Waals surface area (Å²) in [6, 6.07) is 1.97. The molecular formula is C16H24N4O2S. The second-order valence-electron chi connectivity index (χ2n) is 6.17. The molecule has 0 spiro atoms. The standard InChI is InChI=1S/C16H24N4O2S/c1-13-2-4-20(5-3-13)16(21)11-23-15-10-14(17-12-18-15)19-6-8-22-9-7-19/h10,12-13H,2-9,11H2,1H3. The van der Waals surface area contributed by atoms with E-state index in [-0.39, 0.29) is 5.91 Å². The fraction of sp³-hybridized carbons (Fsp3) is 0.688. The van der Waals surface area contributed by atoms with Gasteiger partial charge < -0.3 is 14.5 Å². The van der Waals surface area contributed by atoms with Crippen LogP contribution >= 0.6 is 11.8 Å². The number of morpholine rings is 1. The molecule has 2 saturated heterocycles. The Morgan fingerprint density at radius 3 is 2.74 bits per heavy atom. The maximum absolute atomic E-state index is 12.3. The molecule has 0 N–H and O–H groups in total. The molecule has 0 unspecified atom stereocenters. The van der Waals surface area contributed by atoms with Crippen molar-refractivity contribution in [3.05, 3.63) is 12.4 Å². The highest BCUT2D eigenvalue weighted by Gasteiger charge is 2.20. The molecule has 1 aromatic heterocycles. The fourth-order valence-corrected chi connectivity index (χ4v) is 3.62. The monoisotopic (exact) mass is 336 g/mol. The number of ether oxygens (including phenoxy) is 1. The summed E-state index contributed by atoms with van der Waals surface area (Å²) in [5, 5.41) is 0.861. The number of piperidine rings is 1. The highest BCUT2D eigenvalue weighted by molar-refractivity contribution is 7.99. The van der Waals surface area contributed by atoms with Crippen LogP contribution in [0.1, 0.15) is 19.8 Å². The number of thioether (sulfide) groups is 1. The first-order valence-corrected chi connectivity index (χ1v) is 9.26. The van der Waals surface area contributed by atoms with E-state index in [1.54, 1.807) is 6.33 Å². The smallest absolute Gasteiger partial charge is 0.232 e. The first-order valence-electron chi connectivity index (χ1n) is 8.27. The van der Waals surface area contributed by atoms with Gasteiger partial charge in [-0.05, 0) is 18.8 Å². The third kappa shape index (κ3) is 4.57. The van der Waals surface area contributed by atoms with Crippen molar-refractivity contribution in [1.82, 2.24) is 14.9 Å². The topological polar surface area (TPSA) is 58.6 Å². The van der Waals surface area contributed by atoms with Gasteiger partial charge in [-0.25, -0.2) is 9.97 Å². The van der Waals surface area contributed by atoms with Crippen LogP contribution in [0.25, 0.3) is 0 Å². The van der Waals surface area contributed by atoms with Crippen molar-refractivity contribution in [3.8, 4) is 0 Å². The van der Waals surface area contributed by atoms with Crippen LogP contribution in [-0.4, -0.2) is 65.9 Å². The molecule has 2 fully saturated rings. The quantitative estimate of drug-likeness (QED) is 0.616. The van der Waals surface area contributed by atoms with Crippen molar-refractivity contribution in [2.24, 2.45) is 5.92 Å². The average Bonchev–Trinajstić information content (AvgIpc) is 2.61. The molecule has 0 bridgehead atoms. The van der Waals surface area contributed by atoms with Crippen molar-refractivity contribution in [2.75, 3.05) is 50.0 Å². The summed E-state index contributed by atoms with van der Waals surface area (Å²) in [4.78, 5) is 25.1. The van der Waals surface area contributed by atoms with Crippen molar-refractivity contribution in [2.45, 2.75) is 24.8 Å².